The molecule has 100 valence electrons. The summed E-state index contributed by atoms with van der Waals surface area (Å²) in [7, 11) is 1.66. The standard InChI is InChI=1S/C13H26N2O2/c1-10(12-5-4-6-14-9-12)7-13(16)15-8-11(2)17-3/h10-12,14H,4-9H2,1-3H3,(H,15,16). The van der Waals surface area contributed by atoms with Crippen molar-refractivity contribution in [2.45, 2.75) is 39.2 Å². The highest BCUT2D eigenvalue weighted by molar-refractivity contribution is 5.76. The minimum atomic E-state index is 0.0885. The first kappa shape index (κ1) is 14.5. The van der Waals surface area contributed by atoms with Crippen molar-refractivity contribution in [2.75, 3.05) is 26.7 Å². The minimum Gasteiger partial charge on any atom is -0.380 e. The molecule has 1 aliphatic heterocycles. The second-order valence-electron chi connectivity index (χ2n) is 5.14. The molecule has 4 heteroatoms. The van der Waals surface area contributed by atoms with Gasteiger partial charge in [0.05, 0.1) is 6.10 Å². The second-order valence-corrected chi connectivity index (χ2v) is 5.14. The molecule has 1 amide bonds. The van der Waals surface area contributed by atoms with Gasteiger partial charge in [0.2, 0.25) is 5.91 Å². The van der Waals surface area contributed by atoms with E-state index in [1.54, 1.807) is 7.11 Å². The monoisotopic (exact) mass is 242 g/mol. The number of ether oxygens (including phenoxy) is 1. The van der Waals surface area contributed by atoms with E-state index in [1.165, 1.54) is 12.8 Å². The molecule has 0 aliphatic carbocycles. The Kier molecular flexibility index (Phi) is 6.52. The first-order valence-corrected chi connectivity index (χ1v) is 6.63. The van der Waals surface area contributed by atoms with Crippen LogP contribution in [-0.2, 0) is 9.53 Å². The van der Waals surface area contributed by atoms with Gasteiger partial charge in [-0.25, -0.2) is 0 Å². The Morgan fingerprint density at radius 2 is 2.29 bits per heavy atom. The molecular weight excluding hydrogens is 216 g/mol. The van der Waals surface area contributed by atoms with Crippen LogP contribution >= 0.6 is 0 Å². The molecule has 1 saturated heterocycles. The predicted molar refractivity (Wildman–Crippen MR) is 68.9 cm³/mol. The molecule has 4 nitrogen and oxygen atoms in total. The van der Waals surface area contributed by atoms with Gasteiger partial charge in [-0.3, -0.25) is 4.79 Å². The fraction of sp³-hybridized carbons (Fsp3) is 0.923. The maximum Gasteiger partial charge on any atom is 0.220 e. The molecule has 0 saturated carbocycles. The lowest BCUT2D eigenvalue weighted by Gasteiger charge is -2.28. The lowest BCUT2D eigenvalue weighted by atomic mass is 9.85. The molecule has 1 aliphatic rings. The van der Waals surface area contributed by atoms with E-state index in [9.17, 15) is 4.79 Å². The fourth-order valence-corrected chi connectivity index (χ4v) is 2.24. The van der Waals surface area contributed by atoms with E-state index in [0.29, 0.717) is 24.8 Å². The smallest absolute Gasteiger partial charge is 0.220 e. The Hall–Kier alpha value is -0.610. The number of nitrogens with one attached hydrogen (secondary N) is 2. The molecule has 0 radical (unpaired) electrons. The number of hydrogen-bond acceptors (Lipinski definition) is 3. The highest BCUT2D eigenvalue weighted by atomic mass is 16.5. The SMILES string of the molecule is COC(C)CNC(=O)CC(C)C1CCCNC1. The maximum atomic E-state index is 11.7. The van der Waals surface area contributed by atoms with Crippen molar-refractivity contribution in [1.29, 1.82) is 0 Å². The third kappa shape index (κ3) is 5.50. The Morgan fingerprint density at radius 3 is 2.88 bits per heavy atom. The molecular formula is C13H26N2O2. The molecule has 0 aromatic carbocycles. The molecule has 17 heavy (non-hydrogen) atoms. The number of amides is 1. The van der Waals surface area contributed by atoms with Gasteiger partial charge in [-0.2, -0.15) is 0 Å². The normalized spacial score (nSPS) is 24.1. The molecule has 2 N–H and O–H groups in total. The van der Waals surface area contributed by atoms with Gasteiger partial charge in [0.1, 0.15) is 0 Å². The van der Waals surface area contributed by atoms with E-state index in [-0.39, 0.29) is 12.0 Å². The lowest BCUT2D eigenvalue weighted by Crippen LogP contribution is -2.37. The second kappa shape index (κ2) is 7.67. The van der Waals surface area contributed by atoms with E-state index in [4.69, 9.17) is 4.74 Å². The van der Waals surface area contributed by atoms with Gasteiger partial charge in [0, 0.05) is 20.1 Å². The molecule has 3 unspecified atom stereocenters. The zero-order valence-corrected chi connectivity index (χ0v) is 11.3. The van der Waals surface area contributed by atoms with E-state index < -0.39 is 0 Å². The summed E-state index contributed by atoms with van der Waals surface area (Å²) in [5.41, 5.74) is 0. The summed E-state index contributed by atoms with van der Waals surface area (Å²) in [4.78, 5) is 11.7. The van der Waals surface area contributed by atoms with Crippen LogP contribution < -0.4 is 10.6 Å². The minimum absolute atomic E-state index is 0.0885. The Morgan fingerprint density at radius 1 is 1.53 bits per heavy atom. The van der Waals surface area contributed by atoms with Crippen LogP contribution in [0.15, 0.2) is 0 Å². The first-order valence-electron chi connectivity index (χ1n) is 6.63. The summed E-state index contributed by atoms with van der Waals surface area (Å²) in [6.07, 6.45) is 3.20. The van der Waals surface area contributed by atoms with E-state index in [0.717, 1.165) is 13.1 Å². The quantitative estimate of drug-likeness (QED) is 0.735. The third-order valence-corrected chi connectivity index (χ3v) is 3.64. The number of carbonyl (C=O) groups is 1. The van der Waals surface area contributed by atoms with Gasteiger partial charge in [-0.1, -0.05) is 6.92 Å². The van der Waals surface area contributed by atoms with Crippen molar-refractivity contribution >= 4 is 5.91 Å². The van der Waals surface area contributed by atoms with E-state index in [2.05, 4.69) is 17.6 Å². The van der Waals surface area contributed by atoms with Gasteiger partial charge in [-0.05, 0) is 44.7 Å². The largest absolute Gasteiger partial charge is 0.380 e. The fourth-order valence-electron chi connectivity index (χ4n) is 2.24. The topological polar surface area (TPSA) is 50.4 Å². The molecule has 0 aromatic rings. The van der Waals surface area contributed by atoms with Crippen LogP contribution in [0.4, 0.5) is 0 Å². The molecule has 3 atom stereocenters. The van der Waals surface area contributed by atoms with Crippen molar-refractivity contribution in [3.8, 4) is 0 Å². The zero-order valence-electron chi connectivity index (χ0n) is 11.3. The van der Waals surface area contributed by atoms with Crippen LogP contribution in [-0.4, -0.2) is 38.8 Å². The zero-order chi connectivity index (χ0) is 12.7. The van der Waals surface area contributed by atoms with Crippen molar-refractivity contribution in [1.82, 2.24) is 10.6 Å². The summed E-state index contributed by atoms with van der Waals surface area (Å²) in [6.45, 7) is 6.92. The highest BCUT2D eigenvalue weighted by Crippen LogP contribution is 2.22. The third-order valence-electron chi connectivity index (χ3n) is 3.64. The Balaban J connectivity index is 2.20. The predicted octanol–water partition coefficient (Wildman–Crippen LogP) is 1.16. The van der Waals surface area contributed by atoms with Gasteiger partial charge in [0.25, 0.3) is 0 Å². The molecule has 0 spiro atoms. The summed E-state index contributed by atoms with van der Waals surface area (Å²) in [5, 5.41) is 6.32. The summed E-state index contributed by atoms with van der Waals surface area (Å²) < 4.78 is 5.10. The number of piperidine rings is 1. The van der Waals surface area contributed by atoms with Crippen LogP contribution in [0.3, 0.4) is 0 Å². The summed E-state index contributed by atoms with van der Waals surface area (Å²) in [5.74, 6) is 1.25. The van der Waals surface area contributed by atoms with Gasteiger partial charge >= 0.3 is 0 Å². The number of hydrogen-bond donors (Lipinski definition) is 2. The number of methoxy groups -OCH3 is 1. The lowest BCUT2D eigenvalue weighted by molar-refractivity contribution is -0.122. The van der Waals surface area contributed by atoms with Crippen LogP contribution in [0.5, 0.6) is 0 Å². The van der Waals surface area contributed by atoms with Crippen molar-refractivity contribution < 1.29 is 9.53 Å². The first-order chi connectivity index (χ1) is 8.13. The van der Waals surface area contributed by atoms with Crippen molar-refractivity contribution in [3.05, 3.63) is 0 Å². The molecule has 1 rings (SSSR count). The summed E-state index contributed by atoms with van der Waals surface area (Å²) >= 11 is 0. The number of carbonyl (C=O) groups excluding carboxylic acids is 1. The van der Waals surface area contributed by atoms with Crippen molar-refractivity contribution in [3.63, 3.8) is 0 Å². The summed E-state index contributed by atoms with van der Waals surface area (Å²) in [6, 6.07) is 0. The Labute approximate surface area is 104 Å². The molecule has 0 bridgehead atoms. The Bertz CT molecular complexity index is 227. The average molecular weight is 242 g/mol. The van der Waals surface area contributed by atoms with Crippen LogP contribution in [0.2, 0.25) is 0 Å². The van der Waals surface area contributed by atoms with Gasteiger partial charge in [-0.15, -0.1) is 0 Å². The molecule has 0 aromatic heterocycles. The molecule has 1 fully saturated rings. The van der Waals surface area contributed by atoms with E-state index in [1.807, 2.05) is 6.92 Å². The van der Waals surface area contributed by atoms with Crippen LogP contribution in [0.1, 0.15) is 33.1 Å². The maximum absolute atomic E-state index is 11.7. The number of rotatable bonds is 6. The van der Waals surface area contributed by atoms with E-state index >= 15 is 0 Å². The molecule has 1 heterocycles. The van der Waals surface area contributed by atoms with Gasteiger partial charge in [0.15, 0.2) is 0 Å². The van der Waals surface area contributed by atoms with Gasteiger partial charge < -0.3 is 15.4 Å². The average Bonchev–Trinajstić information content (AvgIpc) is 2.36. The van der Waals surface area contributed by atoms with Crippen LogP contribution in [0.25, 0.3) is 0 Å². The highest BCUT2D eigenvalue weighted by Gasteiger charge is 2.21. The van der Waals surface area contributed by atoms with Crippen LogP contribution in [0, 0.1) is 11.8 Å². The van der Waals surface area contributed by atoms with Crippen molar-refractivity contribution in [2.24, 2.45) is 11.8 Å².